The second kappa shape index (κ2) is 6.99. The van der Waals surface area contributed by atoms with E-state index in [0.717, 1.165) is 19.5 Å². The second-order valence-electron chi connectivity index (χ2n) is 2.51. The molecule has 0 radical (unpaired) electrons. The summed E-state index contributed by atoms with van der Waals surface area (Å²) in [4.78, 5) is 0. The molecule has 0 spiro atoms. The van der Waals surface area contributed by atoms with Crippen LogP contribution < -0.4 is 10.6 Å². The zero-order chi connectivity index (χ0) is 7.82. The Kier molecular flexibility index (Phi) is 6.91. The van der Waals surface area contributed by atoms with Crippen molar-refractivity contribution in [2.75, 3.05) is 26.7 Å². The van der Waals surface area contributed by atoms with Gasteiger partial charge in [-0.25, -0.2) is 0 Å². The summed E-state index contributed by atoms with van der Waals surface area (Å²) in [6.07, 6.45) is 0.887. The molecular weight excluding hydrogens is 128 g/mol. The molecule has 0 bridgehead atoms. The minimum absolute atomic E-state index is 0.227. The molecular formula is C7H18N2O. The summed E-state index contributed by atoms with van der Waals surface area (Å²) < 4.78 is 0. The van der Waals surface area contributed by atoms with Crippen molar-refractivity contribution >= 4 is 0 Å². The number of hydrogen-bond donors (Lipinski definition) is 3. The normalized spacial score (nSPS) is 13.5. The van der Waals surface area contributed by atoms with Gasteiger partial charge in [-0.15, -0.1) is 0 Å². The van der Waals surface area contributed by atoms with E-state index in [1.54, 1.807) is 6.92 Å². The molecule has 0 aromatic carbocycles. The lowest BCUT2D eigenvalue weighted by molar-refractivity contribution is 0.191. The highest BCUT2D eigenvalue weighted by Gasteiger charge is 1.92. The van der Waals surface area contributed by atoms with E-state index in [4.69, 9.17) is 5.11 Å². The average Bonchev–Trinajstić information content (AvgIpc) is 1.87. The van der Waals surface area contributed by atoms with E-state index in [9.17, 15) is 0 Å². The smallest absolute Gasteiger partial charge is 0.0636 e. The Balaban J connectivity index is 2.77. The van der Waals surface area contributed by atoms with Crippen molar-refractivity contribution < 1.29 is 5.11 Å². The molecule has 1 unspecified atom stereocenters. The van der Waals surface area contributed by atoms with Gasteiger partial charge in [0.15, 0.2) is 0 Å². The SMILES string of the molecule is CNCCCNCC(C)O. The van der Waals surface area contributed by atoms with Crippen LogP contribution in [0.1, 0.15) is 13.3 Å². The molecule has 0 amide bonds. The Morgan fingerprint density at radius 1 is 1.40 bits per heavy atom. The molecule has 0 saturated heterocycles. The van der Waals surface area contributed by atoms with Crippen LogP contribution in [-0.2, 0) is 0 Å². The lowest BCUT2D eigenvalue weighted by Crippen LogP contribution is -2.26. The molecule has 0 saturated carbocycles. The third kappa shape index (κ3) is 7.88. The van der Waals surface area contributed by atoms with E-state index in [1.807, 2.05) is 7.05 Å². The molecule has 1 atom stereocenters. The molecule has 0 aliphatic heterocycles. The van der Waals surface area contributed by atoms with Crippen molar-refractivity contribution in [3.05, 3.63) is 0 Å². The molecule has 10 heavy (non-hydrogen) atoms. The van der Waals surface area contributed by atoms with E-state index in [-0.39, 0.29) is 6.10 Å². The van der Waals surface area contributed by atoms with Gasteiger partial charge in [-0.3, -0.25) is 0 Å². The second-order valence-corrected chi connectivity index (χ2v) is 2.51. The molecule has 0 rings (SSSR count). The molecule has 62 valence electrons. The van der Waals surface area contributed by atoms with Crippen LogP contribution in [0.3, 0.4) is 0 Å². The number of nitrogens with one attached hydrogen (secondary N) is 2. The van der Waals surface area contributed by atoms with E-state index < -0.39 is 0 Å². The maximum atomic E-state index is 8.83. The maximum absolute atomic E-state index is 8.83. The highest BCUT2D eigenvalue weighted by atomic mass is 16.3. The van der Waals surface area contributed by atoms with Crippen LogP contribution in [0.25, 0.3) is 0 Å². The van der Waals surface area contributed by atoms with E-state index in [0.29, 0.717) is 6.54 Å². The first-order valence-corrected chi connectivity index (χ1v) is 3.80. The monoisotopic (exact) mass is 146 g/mol. The largest absolute Gasteiger partial charge is 0.392 e. The fourth-order valence-corrected chi connectivity index (χ4v) is 0.701. The number of hydrogen-bond acceptors (Lipinski definition) is 3. The molecule has 0 aromatic rings. The number of aliphatic hydroxyl groups excluding tert-OH is 1. The molecule has 0 heterocycles. The van der Waals surface area contributed by atoms with Crippen LogP contribution in [0.4, 0.5) is 0 Å². The van der Waals surface area contributed by atoms with Gasteiger partial charge in [-0.1, -0.05) is 0 Å². The van der Waals surface area contributed by atoms with Crippen LogP contribution in [-0.4, -0.2) is 37.9 Å². The van der Waals surface area contributed by atoms with Crippen LogP contribution in [0.5, 0.6) is 0 Å². The summed E-state index contributed by atoms with van der Waals surface area (Å²) >= 11 is 0. The minimum atomic E-state index is -0.227. The summed E-state index contributed by atoms with van der Waals surface area (Å²) in [6, 6.07) is 0. The van der Waals surface area contributed by atoms with Gasteiger partial charge < -0.3 is 15.7 Å². The Hall–Kier alpha value is -0.120. The molecule has 0 aliphatic rings. The predicted octanol–water partition coefficient (Wildman–Crippen LogP) is -0.434. The third-order valence-corrected chi connectivity index (χ3v) is 1.22. The molecule has 3 nitrogen and oxygen atoms in total. The van der Waals surface area contributed by atoms with E-state index >= 15 is 0 Å². The predicted molar refractivity (Wildman–Crippen MR) is 43.1 cm³/mol. The van der Waals surface area contributed by atoms with Crippen molar-refractivity contribution in [2.45, 2.75) is 19.4 Å². The van der Waals surface area contributed by atoms with Gasteiger partial charge in [0, 0.05) is 6.54 Å². The molecule has 3 N–H and O–H groups in total. The van der Waals surface area contributed by atoms with Gasteiger partial charge >= 0.3 is 0 Å². The lowest BCUT2D eigenvalue weighted by Gasteiger charge is -2.05. The van der Waals surface area contributed by atoms with Gasteiger partial charge in [0.2, 0.25) is 0 Å². The van der Waals surface area contributed by atoms with Crippen molar-refractivity contribution in [1.29, 1.82) is 0 Å². The van der Waals surface area contributed by atoms with E-state index in [1.165, 1.54) is 0 Å². The molecule has 0 fully saturated rings. The van der Waals surface area contributed by atoms with Crippen LogP contribution in [0.2, 0.25) is 0 Å². The number of aliphatic hydroxyl groups is 1. The number of rotatable bonds is 6. The van der Waals surface area contributed by atoms with Crippen molar-refractivity contribution in [3.63, 3.8) is 0 Å². The van der Waals surface area contributed by atoms with Crippen LogP contribution >= 0.6 is 0 Å². The topological polar surface area (TPSA) is 44.3 Å². The summed E-state index contributed by atoms with van der Waals surface area (Å²) in [5.41, 5.74) is 0. The summed E-state index contributed by atoms with van der Waals surface area (Å²) in [5.74, 6) is 0. The first kappa shape index (κ1) is 9.88. The third-order valence-electron chi connectivity index (χ3n) is 1.22. The Labute approximate surface area is 62.8 Å². The van der Waals surface area contributed by atoms with Gasteiger partial charge in [0.1, 0.15) is 0 Å². The molecule has 0 aliphatic carbocycles. The average molecular weight is 146 g/mol. The van der Waals surface area contributed by atoms with Crippen molar-refractivity contribution in [2.24, 2.45) is 0 Å². The Morgan fingerprint density at radius 3 is 2.60 bits per heavy atom. The van der Waals surface area contributed by atoms with Gasteiger partial charge in [0.05, 0.1) is 6.10 Å². The lowest BCUT2D eigenvalue weighted by atomic mass is 10.4. The van der Waals surface area contributed by atoms with Crippen molar-refractivity contribution in [1.82, 2.24) is 10.6 Å². The fraction of sp³-hybridized carbons (Fsp3) is 1.00. The highest BCUT2D eigenvalue weighted by molar-refractivity contribution is 4.53. The van der Waals surface area contributed by atoms with E-state index in [2.05, 4.69) is 10.6 Å². The Morgan fingerprint density at radius 2 is 2.10 bits per heavy atom. The summed E-state index contributed by atoms with van der Waals surface area (Å²) in [6.45, 7) is 4.49. The zero-order valence-electron chi connectivity index (χ0n) is 6.85. The highest BCUT2D eigenvalue weighted by Crippen LogP contribution is 1.76. The van der Waals surface area contributed by atoms with Crippen LogP contribution in [0.15, 0.2) is 0 Å². The maximum Gasteiger partial charge on any atom is 0.0636 e. The summed E-state index contributed by atoms with van der Waals surface area (Å²) in [7, 11) is 1.94. The van der Waals surface area contributed by atoms with Gasteiger partial charge in [-0.2, -0.15) is 0 Å². The molecule has 3 heteroatoms. The molecule has 0 aromatic heterocycles. The first-order chi connectivity index (χ1) is 4.77. The summed E-state index contributed by atoms with van der Waals surface area (Å²) in [5, 5.41) is 15.0. The standard InChI is InChI=1S/C7H18N2O/c1-7(10)6-9-5-3-4-8-2/h7-10H,3-6H2,1-2H3. The quantitative estimate of drug-likeness (QED) is 0.445. The first-order valence-electron chi connectivity index (χ1n) is 3.80. The zero-order valence-corrected chi connectivity index (χ0v) is 6.85. The van der Waals surface area contributed by atoms with Crippen LogP contribution in [0, 0.1) is 0 Å². The van der Waals surface area contributed by atoms with Gasteiger partial charge in [-0.05, 0) is 33.5 Å². The fourth-order valence-electron chi connectivity index (χ4n) is 0.701. The van der Waals surface area contributed by atoms with Crippen molar-refractivity contribution in [3.8, 4) is 0 Å². The Bertz CT molecular complexity index is 66.6. The minimum Gasteiger partial charge on any atom is -0.392 e. The van der Waals surface area contributed by atoms with Gasteiger partial charge in [0.25, 0.3) is 0 Å².